The van der Waals surface area contributed by atoms with E-state index in [9.17, 15) is 0 Å². The average molecular weight is 353 g/mol. The van der Waals surface area contributed by atoms with Crippen molar-refractivity contribution in [2.75, 3.05) is 21.2 Å². The number of thiazole rings is 1. The number of hydrogen-bond donors (Lipinski definition) is 1. The zero-order chi connectivity index (χ0) is 16.8. The van der Waals surface area contributed by atoms with Crippen LogP contribution in [-0.2, 0) is 13.1 Å². The summed E-state index contributed by atoms with van der Waals surface area (Å²) in [4.78, 5) is 10.8. The number of aryl methyl sites for hydroxylation is 1. The number of benzene rings is 1. The minimum Gasteiger partial charge on any atom is -0.496 e. The van der Waals surface area contributed by atoms with Gasteiger partial charge in [0.1, 0.15) is 5.75 Å². The highest BCUT2D eigenvalue weighted by Gasteiger charge is 2.10. The van der Waals surface area contributed by atoms with Crippen LogP contribution in [0.4, 0.5) is 0 Å². The summed E-state index contributed by atoms with van der Waals surface area (Å²) in [5, 5.41) is 7.14. The Morgan fingerprint density at radius 3 is 2.87 bits per heavy atom. The minimum absolute atomic E-state index is 0.605. The molecule has 0 aliphatic carbocycles. The first kappa shape index (κ1) is 17.6. The van der Waals surface area contributed by atoms with E-state index in [0.717, 1.165) is 28.0 Å². The molecule has 1 N–H and O–H groups in total. The minimum atomic E-state index is 0.605. The van der Waals surface area contributed by atoms with Crippen LogP contribution in [0.1, 0.15) is 16.3 Å². The predicted octanol–water partition coefficient (Wildman–Crippen LogP) is 3.32. The van der Waals surface area contributed by atoms with E-state index < -0.39 is 0 Å². The van der Waals surface area contributed by atoms with Crippen LogP contribution in [0.5, 0.6) is 5.75 Å². The molecule has 124 valence electrons. The van der Waals surface area contributed by atoms with Crippen LogP contribution in [0, 0.1) is 6.92 Å². The van der Waals surface area contributed by atoms with E-state index in [-0.39, 0.29) is 0 Å². The molecule has 0 saturated carbocycles. The zero-order valence-electron chi connectivity index (χ0n) is 13.8. The fourth-order valence-corrected chi connectivity index (χ4v) is 2.99. The summed E-state index contributed by atoms with van der Waals surface area (Å²) >= 11 is 7.65. The van der Waals surface area contributed by atoms with Gasteiger partial charge in [-0.1, -0.05) is 17.7 Å². The first-order valence-electron chi connectivity index (χ1n) is 7.18. The van der Waals surface area contributed by atoms with Crippen molar-refractivity contribution in [2.24, 2.45) is 4.99 Å². The van der Waals surface area contributed by atoms with Gasteiger partial charge in [0, 0.05) is 36.6 Å². The van der Waals surface area contributed by atoms with Gasteiger partial charge in [-0.2, -0.15) is 0 Å². The van der Waals surface area contributed by atoms with Gasteiger partial charge in [0.2, 0.25) is 0 Å². The monoisotopic (exact) mass is 352 g/mol. The lowest BCUT2D eigenvalue weighted by Crippen LogP contribution is -2.38. The largest absolute Gasteiger partial charge is 0.496 e. The van der Waals surface area contributed by atoms with Gasteiger partial charge < -0.3 is 15.0 Å². The van der Waals surface area contributed by atoms with E-state index in [1.807, 2.05) is 37.1 Å². The number of ether oxygens (including phenoxy) is 1. The Morgan fingerprint density at radius 2 is 2.26 bits per heavy atom. The fraction of sp³-hybridized carbons (Fsp3) is 0.375. The lowest BCUT2D eigenvalue weighted by molar-refractivity contribution is 0.408. The summed E-state index contributed by atoms with van der Waals surface area (Å²) < 4.78 is 5.36. The summed E-state index contributed by atoms with van der Waals surface area (Å²) in [5.74, 6) is 1.56. The van der Waals surface area contributed by atoms with Gasteiger partial charge >= 0.3 is 0 Å². The summed E-state index contributed by atoms with van der Waals surface area (Å²) in [7, 11) is 5.40. The summed E-state index contributed by atoms with van der Waals surface area (Å²) in [6, 6.07) is 5.61. The molecule has 1 heterocycles. The molecule has 7 heteroatoms. The van der Waals surface area contributed by atoms with Crippen LogP contribution in [0.2, 0.25) is 5.02 Å². The van der Waals surface area contributed by atoms with E-state index in [1.54, 1.807) is 25.5 Å². The number of halogens is 1. The second kappa shape index (κ2) is 8.17. The molecule has 0 amide bonds. The Kier molecular flexibility index (Phi) is 6.24. The van der Waals surface area contributed by atoms with Crippen molar-refractivity contribution < 1.29 is 4.74 Å². The summed E-state index contributed by atoms with van der Waals surface area (Å²) in [6.07, 6.45) is 0. The Bertz CT molecular complexity index is 686. The van der Waals surface area contributed by atoms with Gasteiger partial charge in [-0.05, 0) is 19.1 Å². The topological polar surface area (TPSA) is 49.8 Å². The second-order valence-electron chi connectivity index (χ2n) is 5.07. The number of methoxy groups -OCH3 is 1. The quantitative estimate of drug-likeness (QED) is 0.662. The van der Waals surface area contributed by atoms with Gasteiger partial charge in [0.25, 0.3) is 0 Å². The van der Waals surface area contributed by atoms with Gasteiger partial charge in [0.05, 0.1) is 24.4 Å². The van der Waals surface area contributed by atoms with Gasteiger partial charge in [-0.25, -0.2) is 4.98 Å². The van der Waals surface area contributed by atoms with Crippen LogP contribution in [0.3, 0.4) is 0 Å². The van der Waals surface area contributed by atoms with Crippen molar-refractivity contribution in [3.8, 4) is 5.75 Å². The fourth-order valence-electron chi connectivity index (χ4n) is 2.22. The number of nitrogens with zero attached hydrogens (tertiary/aromatic N) is 3. The molecule has 23 heavy (non-hydrogen) atoms. The van der Waals surface area contributed by atoms with Crippen LogP contribution in [0.25, 0.3) is 0 Å². The number of aliphatic imine (C=N–C) groups is 1. The zero-order valence-corrected chi connectivity index (χ0v) is 15.3. The normalized spacial score (nSPS) is 11.4. The number of aromatic nitrogens is 1. The molecule has 1 aromatic heterocycles. The van der Waals surface area contributed by atoms with E-state index in [4.69, 9.17) is 16.3 Å². The second-order valence-corrected chi connectivity index (χ2v) is 6.57. The molecule has 0 aliphatic rings. The highest BCUT2D eigenvalue weighted by atomic mass is 35.5. The number of rotatable bonds is 5. The van der Waals surface area contributed by atoms with E-state index in [0.29, 0.717) is 18.1 Å². The molecule has 2 rings (SSSR count). The molecule has 0 saturated heterocycles. The van der Waals surface area contributed by atoms with Crippen LogP contribution < -0.4 is 10.1 Å². The van der Waals surface area contributed by atoms with Crippen LogP contribution in [-0.4, -0.2) is 37.0 Å². The third-order valence-electron chi connectivity index (χ3n) is 3.33. The third kappa shape index (κ3) is 4.84. The molecular formula is C16H21ClN4OS. The number of guanidine groups is 1. The van der Waals surface area contributed by atoms with Gasteiger partial charge in [0.15, 0.2) is 5.96 Å². The van der Waals surface area contributed by atoms with Crippen molar-refractivity contribution in [1.29, 1.82) is 0 Å². The van der Waals surface area contributed by atoms with Crippen LogP contribution >= 0.6 is 22.9 Å². The molecule has 0 unspecified atom stereocenters. The lowest BCUT2D eigenvalue weighted by atomic mass is 10.2. The summed E-state index contributed by atoms with van der Waals surface area (Å²) in [6.45, 7) is 3.32. The standard InChI is InChI=1S/C16H21ClN4OS/c1-11-20-14(10-23-11)9-21(3)16(18-2)19-8-12-5-6-13(17)7-15(12)22-4/h5-7,10H,8-9H2,1-4H3,(H,18,19). The van der Waals surface area contributed by atoms with E-state index >= 15 is 0 Å². The molecular weight excluding hydrogens is 332 g/mol. The molecule has 2 aromatic rings. The molecule has 0 spiro atoms. The van der Waals surface area contributed by atoms with Crippen molar-refractivity contribution in [3.05, 3.63) is 44.9 Å². The highest BCUT2D eigenvalue weighted by Crippen LogP contribution is 2.23. The Balaban J connectivity index is 1.99. The van der Waals surface area contributed by atoms with Crippen molar-refractivity contribution >= 4 is 28.9 Å². The molecule has 1 aromatic carbocycles. The molecule has 0 atom stereocenters. The smallest absolute Gasteiger partial charge is 0.194 e. The first-order valence-corrected chi connectivity index (χ1v) is 8.44. The SMILES string of the molecule is CN=C(NCc1ccc(Cl)cc1OC)N(C)Cc1csc(C)n1. The Labute approximate surface area is 146 Å². The first-order chi connectivity index (χ1) is 11.0. The molecule has 5 nitrogen and oxygen atoms in total. The predicted molar refractivity (Wildman–Crippen MR) is 96.5 cm³/mol. The number of hydrogen-bond acceptors (Lipinski definition) is 4. The van der Waals surface area contributed by atoms with Gasteiger partial charge in [-0.15, -0.1) is 11.3 Å². The Morgan fingerprint density at radius 1 is 1.48 bits per heavy atom. The maximum Gasteiger partial charge on any atom is 0.194 e. The maximum absolute atomic E-state index is 5.99. The van der Waals surface area contributed by atoms with Crippen molar-refractivity contribution in [1.82, 2.24) is 15.2 Å². The van der Waals surface area contributed by atoms with E-state index in [1.165, 1.54) is 0 Å². The van der Waals surface area contributed by atoms with Crippen molar-refractivity contribution in [3.63, 3.8) is 0 Å². The highest BCUT2D eigenvalue weighted by molar-refractivity contribution is 7.09. The molecule has 0 bridgehead atoms. The molecule has 0 radical (unpaired) electrons. The van der Waals surface area contributed by atoms with E-state index in [2.05, 4.69) is 20.7 Å². The molecule has 0 aliphatic heterocycles. The lowest BCUT2D eigenvalue weighted by Gasteiger charge is -2.21. The molecule has 0 fully saturated rings. The third-order valence-corrected chi connectivity index (χ3v) is 4.38. The average Bonchev–Trinajstić information content (AvgIpc) is 2.94. The van der Waals surface area contributed by atoms with Crippen LogP contribution in [0.15, 0.2) is 28.6 Å². The number of nitrogens with one attached hydrogen (secondary N) is 1. The maximum atomic E-state index is 5.99. The Hall–Kier alpha value is -1.79. The summed E-state index contributed by atoms with van der Waals surface area (Å²) in [5.41, 5.74) is 2.07. The van der Waals surface area contributed by atoms with Gasteiger partial charge in [-0.3, -0.25) is 4.99 Å². The van der Waals surface area contributed by atoms with Crippen molar-refractivity contribution in [2.45, 2.75) is 20.0 Å².